The molecule has 0 fully saturated rings. The van der Waals surface area contributed by atoms with E-state index in [4.69, 9.17) is 11.5 Å². The third kappa shape index (κ3) is 6.68. The summed E-state index contributed by atoms with van der Waals surface area (Å²) >= 11 is 0. The lowest BCUT2D eigenvalue weighted by atomic mass is 9.92. The predicted molar refractivity (Wildman–Crippen MR) is 136 cm³/mol. The van der Waals surface area contributed by atoms with Crippen molar-refractivity contribution in [2.75, 3.05) is 12.3 Å². The van der Waals surface area contributed by atoms with E-state index in [9.17, 15) is 4.79 Å². The Labute approximate surface area is 197 Å². The summed E-state index contributed by atoms with van der Waals surface area (Å²) in [7, 11) is 0. The molecule has 0 bridgehead atoms. The Morgan fingerprint density at radius 2 is 1.97 bits per heavy atom. The Morgan fingerprint density at radius 1 is 1.18 bits per heavy atom. The van der Waals surface area contributed by atoms with Gasteiger partial charge in [0.25, 0.3) is 0 Å². The zero-order valence-electron chi connectivity index (χ0n) is 19.8. The van der Waals surface area contributed by atoms with Crippen LogP contribution < -0.4 is 16.8 Å². The van der Waals surface area contributed by atoms with Gasteiger partial charge in [0.15, 0.2) is 0 Å². The number of allylic oxidation sites excluding steroid dienone is 3. The van der Waals surface area contributed by atoms with Crippen LogP contribution in [0.25, 0.3) is 0 Å². The van der Waals surface area contributed by atoms with Gasteiger partial charge in [-0.25, -0.2) is 9.78 Å². The minimum Gasteiger partial charge on any atom is -0.384 e. The average molecular weight is 448 g/mol. The fourth-order valence-corrected chi connectivity index (χ4v) is 4.45. The van der Waals surface area contributed by atoms with Crippen LogP contribution in [0.3, 0.4) is 0 Å². The van der Waals surface area contributed by atoms with E-state index < -0.39 is 0 Å². The van der Waals surface area contributed by atoms with Gasteiger partial charge in [-0.3, -0.25) is 0 Å². The van der Waals surface area contributed by atoms with Gasteiger partial charge in [0.1, 0.15) is 5.82 Å². The van der Waals surface area contributed by atoms with Crippen LogP contribution in [-0.4, -0.2) is 34.5 Å². The Kier molecular flexibility index (Phi) is 9.07. The van der Waals surface area contributed by atoms with Crippen molar-refractivity contribution in [3.05, 3.63) is 83.6 Å². The molecular weight excluding hydrogens is 410 g/mol. The molecule has 6 heteroatoms. The second-order valence-electron chi connectivity index (χ2n) is 8.58. The van der Waals surface area contributed by atoms with Crippen LogP contribution in [-0.2, 0) is 6.42 Å². The van der Waals surface area contributed by atoms with Crippen LogP contribution in [0.1, 0.15) is 56.7 Å². The quantitative estimate of drug-likeness (QED) is 0.489. The smallest absolute Gasteiger partial charge is 0.318 e. The molecule has 1 aliphatic carbocycles. The van der Waals surface area contributed by atoms with E-state index in [0.717, 1.165) is 36.8 Å². The number of nitrogen functional groups attached to an aromatic ring is 1. The number of rotatable bonds is 10. The number of carbonyl (C=O) groups is 1. The molecule has 0 spiro atoms. The van der Waals surface area contributed by atoms with Crippen molar-refractivity contribution in [2.24, 2.45) is 5.73 Å². The molecule has 176 valence electrons. The lowest BCUT2D eigenvalue weighted by molar-refractivity contribution is 0.158. The number of pyridine rings is 1. The number of hydrogen-bond donors (Lipinski definition) is 3. The second kappa shape index (κ2) is 12.2. The highest BCUT2D eigenvalue weighted by Gasteiger charge is 2.29. The largest absolute Gasteiger partial charge is 0.384 e. The summed E-state index contributed by atoms with van der Waals surface area (Å²) in [5.74, 6) is 0.488. The van der Waals surface area contributed by atoms with Gasteiger partial charge in [0, 0.05) is 24.8 Å². The van der Waals surface area contributed by atoms with Crippen LogP contribution >= 0.6 is 0 Å². The summed E-state index contributed by atoms with van der Waals surface area (Å²) in [6.07, 6.45) is 12.3. The minimum atomic E-state index is -0.168. The maximum atomic E-state index is 13.8. The van der Waals surface area contributed by atoms with E-state index in [2.05, 4.69) is 54.5 Å². The number of hydrogen-bond acceptors (Lipinski definition) is 4. The Hall–Kier alpha value is -3.12. The maximum Gasteiger partial charge on any atom is 0.318 e. The predicted octanol–water partition coefficient (Wildman–Crippen LogP) is 4.75. The monoisotopic (exact) mass is 447 g/mol. The molecule has 0 radical (unpaired) electrons. The summed E-state index contributed by atoms with van der Waals surface area (Å²) in [6, 6.07) is 13.6. The highest BCUT2D eigenvalue weighted by molar-refractivity contribution is 5.76. The highest BCUT2D eigenvalue weighted by atomic mass is 16.2. The van der Waals surface area contributed by atoms with Crippen molar-refractivity contribution < 1.29 is 4.79 Å². The van der Waals surface area contributed by atoms with Gasteiger partial charge < -0.3 is 21.7 Å². The standard InChI is InChI=1S/C27H37N5O/c1-3-23(28)24(4-2)32(18-16-20-15-17-30-25(29)19-20)27(33)31-26(21-11-7-5-8-12-21)22-13-9-6-10-14-22/h5-9,11-13,15,17,19,23-24,26H,3-4,10,14,16,18,28H2,1-2H3,(H2,29,30)(H,31,33). The lowest BCUT2D eigenvalue weighted by Gasteiger charge is -2.36. The molecule has 3 atom stereocenters. The van der Waals surface area contributed by atoms with Crippen LogP contribution in [0.15, 0.2) is 72.5 Å². The zero-order valence-corrected chi connectivity index (χ0v) is 19.8. The van der Waals surface area contributed by atoms with E-state index in [1.807, 2.05) is 35.2 Å². The molecule has 1 heterocycles. The molecule has 2 amide bonds. The van der Waals surface area contributed by atoms with Crippen molar-refractivity contribution in [3.8, 4) is 0 Å². The Bertz CT molecular complexity index is 956. The van der Waals surface area contributed by atoms with Gasteiger partial charge in [-0.1, -0.05) is 62.4 Å². The summed E-state index contributed by atoms with van der Waals surface area (Å²) < 4.78 is 0. The summed E-state index contributed by atoms with van der Waals surface area (Å²) in [5, 5.41) is 3.34. The van der Waals surface area contributed by atoms with Gasteiger partial charge in [-0.2, -0.15) is 0 Å². The normalized spacial score (nSPS) is 15.9. The number of aromatic nitrogens is 1. The Morgan fingerprint density at radius 3 is 2.61 bits per heavy atom. The van der Waals surface area contributed by atoms with E-state index >= 15 is 0 Å². The van der Waals surface area contributed by atoms with Crippen molar-refractivity contribution >= 4 is 11.8 Å². The van der Waals surface area contributed by atoms with E-state index in [-0.39, 0.29) is 24.2 Å². The third-order valence-electron chi connectivity index (χ3n) is 6.35. The fourth-order valence-electron chi connectivity index (χ4n) is 4.45. The summed E-state index contributed by atoms with van der Waals surface area (Å²) in [5.41, 5.74) is 15.7. The lowest BCUT2D eigenvalue weighted by Crippen LogP contribution is -2.54. The molecule has 0 saturated carbocycles. The molecule has 33 heavy (non-hydrogen) atoms. The number of carbonyl (C=O) groups excluding carboxylic acids is 1. The van der Waals surface area contributed by atoms with E-state index in [1.54, 1.807) is 6.20 Å². The number of benzene rings is 1. The van der Waals surface area contributed by atoms with Crippen LogP contribution in [0.5, 0.6) is 0 Å². The third-order valence-corrected chi connectivity index (χ3v) is 6.35. The zero-order chi connectivity index (χ0) is 23.6. The minimum absolute atomic E-state index is 0.0501. The number of nitrogens with zero attached hydrogens (tertiary/aromatic N) is 2. The SMILES string of the molecule is CCC(N)C(CC)N(CCc1ccnc(N)c1)C(=O)NC(C1=CC=CCC1)c1ccccc1. The molecule has 0 saturated heterocycles. The number of nitrogens with two attached hydrogens (primary N) is 2. The van der Waals surface area contributed by atoms with Crippen molar-refractivity contribution in [1.82, 2.24) is 15.2 Å². The van der Waals surface area contributed by atoms with E-state index in [0.29, 0.717) is 18.8 Å². The summed E-state index contributed by atoms with van der Waals surface area (Å²) in [6.45, 7) is 4.72. The molecule has 5 N–H and O–H groups in total. The van der Waals surface area contributed by atoms with Gasteiger partial charge in [-0.15, -0.1) is 0 Å². The van der Waals surface area contributed by atoms with Gasteiger partial charge in [0.05, 0.1) is 6.04 Å². The molecule has 1 aliphatic rings. The van der Waals surface area contributed by atoms with Crippen molar-refractivity contribution in [3.63, 3.8) is 0 Å². The molecule has 1 aromatic heterocycles. The number of nitrogens with one attached hydrogen (secondary N) is 1. The van der Waals surface area contributed by atoms with Gasteiger partial charge >= 0.3 is 6.03 Å². The maximum absolute atomic E-state index is 13.8. The molecule has 1 aromatic carbocycles. The van der Waals surface area contributed by atoms with E-state index in [1.165, 1.54) is 5.57 Å². The van der Waals surface area contributed by atoms with Gasteiger partial charge in [0.2, 0.25) is 0 Å². The van der Waals surface area contributed by atoms with Crippen LogP contribution in [0.2, 0.25) is 0 Å². The number of amides is 2. The molecular formula is C27H37N5O. The fraction of sp³-hybridized carbons (Fsp3) is 0.407. The first-order valence-electron chi connectivity index (χ1n) is 12.0. The number of anilines is 1. The Balaban J connectivity index is 1.86. The molecule has 3 rings (SSSR count). The summed E-state index contributed by atoms with van der Waals surface area (Å²) in [4.78, 5) is 19.7. The number of urea groups is 1. The molecule has 3 unspecified atom stereocenters. The first kappa shape index (κ1) is 24.5. The molecule has 0 aliphatic heterocycles. The molecule has 2 aromatic rings. The van der Waals surface area contributed by atoms with Crippen molar-refractivity contribution in [2.45, 2.75) is 64.1 Å². The highest BCUT2D eigenvalue weighted by Crippen LogP contribution is 2.28. The topological polar surface area (TPSA) is 97.3 Å². The van der Waals surface area contributed by atoms with Gasteiger partial charge in [-0.05, 0) is 60.9 Å². The van der Waals surface area contributed by atoms with Crippen LogP contribution in [0, 0.1) is 0 Å². The second-order valence-corrected chi connectivity index (χ2v) is 8.58. The van der Waals surface area contributed by atoms with Crippen molar-refractivity contribution in [1.29, 1.82) is 0 Å². The first-order chi connectivity index (χ1) is 16.0. The first-order valence-corrected chi connectivity index (χ1v) is 12.0. The average Bonchev–Trinajstić information content (AvgIpc) is 2.85. The molecule has 6 nitrogen and oxygen atoms in total. The van der Waals surface area contributed by atoms with Crippen LogP contribution in [0.4, 0.5) is 10.6 Å².